The van der Waals surface area contributed by atoms with Crippen LogP contribution in [0.4, 0.5) is 17.3 Å². The van der Waals surface area contributed by atoms with Crippen LogP contribution in [0.1, 0.15) is 17.4 Å². The number of carbonyl (C=O) groups is 1. The summed E-state index contributed by atoms with van der Waals surface area (Å²) in [4.78, 5) is 31.0. The van der Waals surface area contributed by atoms with Gasteiger partial charge >= 0.3 is 5.97 Å². The maximum absolute atomic E-state index is 12.6. The van der Waals surface area contributed by atoms with Crippen LogP contribution in [0.5, 0.6) is 0 Å². The van der Waals surface area contributed by atoms with E-state index in [-0.39, 0.29) is 17.3 Å². The summed E-state index contributed by atoms with van der Waals surface area (Å²) in [6, 6.07) is 6.58. The van der Waals surface area contributed by atoms with Crippen molar-refractivity contribution in [3.05, 3.63) is 48.7 Å². The molecule has 0 aliphatic heterocycles. The van der Waals surface area contributed by atoms with Crippen LogP contribution < -0.4 is 10.6 Å². The van der Waals surface area contributed by atoms with Crippen LogP contribution in [0.25, 0.3) is 22.3 Å². The van der Waals surface area contributed by atoms with E-state index in [1.54, 1.807) is 57.0 Å². The van der Waals surface area contributed by atoms with E-state index in [0.717, 1.165) is 5.52 Å². The number of ether oxygens (including phenoxy) is 1. The second kappa shape index (κ2) is 9.06. The van der Waals surface area contributed by atoms with Gasteiger partial charge in [-0.3, -0.25) is 4.98 Å². The number of hydrogen-bond acceptors (Lipinski definition) is 10. The molecule has 0 fully saturated rings. The molecular weight excluding hydrogens is 456 g/mol. The lowest BCUT2D eigenvalue weighted by Crippen LogP contribution is -2.13. The molecule has 1 atom stereocenters. The van der Waals surface area contributed by atoms with Gasteiger partial charge < -0.3 is 19.9 Å². The van der Waals surface area contributed by atoms with Crippen LogP contribution in [0.2, 0.25) is 0 Å². The number of fused-ring (bicyclic) bond motifs is 1. The minimum Gasteiger partial charge on any atom is -0.464 e. The van der Waals surface area contributed by atoms with E-state index in [1.807, 2.05) is 11.6 Å². The Morgan fingerprint density at radius 1 is 1.18 bits per heavy atom. The monoisotopic (exact) mass is 480 g/mol. The molecule has 4 aromatic rings. The van der Waals surface area contributed by atoms with Crippen molar-refractivity contribution in [2.45, 2.75) is 11.8 Å². The van der Waals surface area contributed by atoms with Crippen LogP contribution >= 0.6 is 0 Å². The number of rotatable bonds is 7. The Hall–Kier alpha value is -4.06. The molecule has 176 valence electrons. The lowest BCUT2D eigenvalue weighted by Gasteiger charge is -2.15. The summed E-state index contributed by atoms with van der Waals surface area (Å²) < 4.78 is 27.0. The molecule has 0 spiro atoms. The van der Waals surface area contributed by atoms with Gasteiger partial charge in [-0.05, 0) is 24.3 Å². The normalized spacial score (nSPS) is 12.8. The Kier molecular flexibility index (Phi) is 6.16. The van der Waals surface area contributed by atoms with Gasteiger partial charge in [0.1, 0.15) is 11.2 Å². The van der Waals surface area contributed by atoms with Gasteiger partial charge in [0.25, 0.3) is 0 Å². The summed E-state index contributed by atoms with van der Waals surface area (Å²) in [6.45, 7) is 1.71. The number of methoxy groups -OCH3 is 1. The molecule has 0 saturated carbocycles. The fourth-order valence-electron chi connectivity index (χ4n) is 3.40. The zero-order valence-electron chi connectivity index (χ0n) is 19.1. The number of imidazole rings is 1. The molecule has 0 aliphatic rings. The molecule has 34 heavy (non-hydrogen) atoms. The average molecular weight is 481 g/mol. The van der Waals surface area contributed by atoms with Gasteiger partial charge in [0.05, 0.1) is 40.4 Å². The van der Waals surface area contributed by atoms with Crippen molar-refractivity contribution >= 4 is 44.1 Å². The minimum atomic E-state index is -2.83. The molecule has 3 heterocycles. The Balaban J connectivity index is 1.82. The first-order chi connectivity index (χ1) is 16.3. The maximum Gasteiger partial charge on any atom is 0.360 e. The molecular formula is C22H24N8O3S. The zero-order valence-corrected chi connectivity index (χ0v) is 19.9. The first-order valence-corrected chi connectivity index (χ1v) is 12.1. The molecule has 4 rings (SSSR count). The fourth-order valence-corrected chi connectivity index (χ4v) is 4.31. The number of aromatic nitrogens is 5. The van der Waals surface area contributed by atoms with Crippen molar-refractivity contribution in [2.75, 3.05) is 30.5 Å². The number of nitrogens with zero attached hydrogens (tertiary/aromatic N) is 5. The lowest BCUT2D eigenvalue weighted by molar-refractivity contribution is 0.0595. The molecule has 11 nitrogen and oxygen atoms in total. The van der Waals surface area contributed by atoms with Crippen molar-refractivity contribution in [2.24, 2.45) is 7.05 Å². The molecule has 12 heteroatoms. The van der Waals surface area contributed by atoms with Gasteiger partial charge in [0.2, 0.25) is 0 Å². The first kappa shape index (κ1) is 23.1. The molecule has 3 N–H and O–H groups in total. The Bertz CT molecular complexity index is 1480. The van der Waals surface area contributed by atoms with E-state index in [1.165, 1.54) is 7.11 Å². The Morgan fingerprint density at radius 2 is 1.91 bits per heavy atom. The van der Waals surface area contributed by atoms with Gasteiger partial charge in [-0.25, -0.2) is 28.7 Å². The molecule has 0 amide bonds. The number of nitrogens with one attached hydrogen (secondary N) is 3. The highest BCUT2D eigenvalue weighted by molar-refractivity contribution is 7.92. The van der Waals surface area contributed by atoms with E-state index < -0.39 is 15.7 Å². The number of pyridine rings is 1. The van der Waals surface area contributed by atoms with Gasteiger partial charge in [0.15, 0.2) is 17.3 Å². The van der Waals surface area contributed by atoms with E-state index in [0.29, 0.717) is 33.2 Å². The molecule has 1 aromatic carbocycles. The van der Waals surface area contributed by atoms with Gasteiger partial charge in [-0.1, -0.05) is 6.92 Å². The Morgan fingerprint density at radius 3 is 2.56 bits per heavy atom. The fraction of sp³-hybridized carbons (Fsp3) is 0.227. The summed E-state index contributed by atoms with van der Waals surface area (Å²) in [5.74, 6) is 0.141. The highest BCUT2D eigenvalue weighted by Crippen LogP contribution is 2.32. The van der Waals surface area contributed by atoms with E-state index in [9.17, 15) is 9.00 Å². The minimum absolute atomic E-state index is 0.0219. The van der Waals surface area contributed by atoms with Gasteiger partial charge in [-0.2, -0.15) is 0 Å². The predicted octanol–water partition coefficient (Wildman–Crippen LogP) is 3.42. The lowest BCUT2D eigenvalue weighted by atomic mass is 10.1. The van der Waals surface area contributed by atoms with Crippen LogP contribution in [0.15, 0.2) is 47.9 Å². The molecule has 0 saturated heterocycles. The maximum atomic E-state index is 12.6. The van der Waals surface area contributed by atoms with Crippen LogP contribution in [-0.4, -0.2) is 54.6 Å². The number of benzene rings is 1. The molecule has 0 bridgehead atoms. The van der Waals surface area contributed by atoms with Crippen LogP contribution in [-0.2, 0) is 21.5 Å². The quantitative estimate of drug-likeness (QED) is 0.338. The number of carbonyl (C=O) groups excluding carboxylic acids is 1. The second-order valence-electron chi connectivity index (χ2n) is 7.38. The largest absolute Gasteiger partial charge is 0.464 e. The SMILES string of the molecule is CC[S@@](=N)(=O)c1ccc(Nc2nc(NC)c(-c3cncc4c3ncn4C)nc2C(=O)OC)cc1. The van der Waals surface area contributed by atoms with E-state index >= 15 is 0 Å². The number of hydrogen-bond donors (Lipinski definition) is 3. The predicted molar refractivity (Wildman–Crippen MR) is 130 cm³/mol. The van der Waals surface area contributed by atoms with Crippen molar-refractivity contribution in [1.29, 1.82) is 4.78 Å². The summed E-state index contributed by atoms with van der Waals surface area (Å²) >= 11 is 0. The summed E-state index contributed by atoms with van der Waals surface area (Å²) in [5, 5.41) is 6.10. The smallest absolute Gasteiger partial charge is 0.360 e. The van der Waals surface area contributed by atoms with Crippen molar-refractivity contribution in [3.8, 4) is 11.3 Å². The topological polar surface area (TPSA) is 148 Å². The average Bonchev–Trinajstić information content (AvgIpc) is 3.24. The van der Waals surface area contributed by atoms with Crippen LogP contribution in [0.3, 0.4) is 0 Å². The third-order valence-corrected chi connectivity index (χ3v) is 7.16. The second-order valence-corrected chi connectivity index (χ2v) is 9.78. The molecule has 3 aromatic heterocycles. The summed E-state index contributed by atoms with van der Waals surface area (Å²) in [6.07, 6.45) is 5.00. The highest BCUT2D eigenvalue weighted by Gasteiger charge is 2.23. The van der Waals surface area contributed by atoms with Gasteiger partial charge in [-0.15, -0.1) is 0 Å². The first-order valence-electron chi connectivity index (χ1n) is 10.4. The summed E-state index contributed by atoms with van der Waals surface area (Å²) in [7, 11) is 2.00. The summed E-state index contributed by atoms with van der Waals surface area (Å²) in [5.41, 5.74) is 3.05. The number of aryl methyl sites for hydroxylation is 1. The van der Waals surface area contributed by atoms with Crippen LogP contribution in [0, 0.1) is 4.78 Å². The third kappa shape index (κ3) is 4.15. The van der Waals surface area contributed by atoms with Crippen molar-refractivity contribution < 1.29 is 13.7 Å². The van der Waals surface area contributed by atoms with Crippen molar-refractivity contribution in [1.82, 2.24) is 24.5 Å². The van der Waals surface area contributed by atoms with E-state index in [2.05, 4.69) is 30.6 Å². The number of esters is 1. The van der Waals surface area contributed by atoms with Gasteiger partial charge in [0, 0.05) is 36.6 Å². The molecule has 0 radical (unpaired) electrons. The number of anilines is 3. The Labute approximate surface area is 196 Å². The van der Waals surface area contributed by atoms with E-state index in [4.69, 9.17) is 9.52 Å². The standard InChI is InChI=1S/C22H24N8O3S/c1-5-34(23,32)14-8-6-13(7-9-14)27-21-19(22(31)33-4)28-18(20(24-2)29-21)15-10-25-11-16-17(15)26-12-30(16)3/h6-12,23H,5H2,1-4H3,(H2,24,27,29)/t34-/m1/s1. The van der Waals surface area contributed by atoms with Crippen molar-refractivity contribution in [3.63, 3.8) is 0 Å². The zero-order chi connectivity index (χ0) is 24.5. The third-order valence-electron chi connectivity index (χ3n) is 5.31. The molecule has 0 aliphatic carbocycles. The highest BCUT2D eigenvalue weighted by atomic mass is 32.2. The molecule has 0 unspecified atom stereocenters.